The van der Waals surface area contributed by atoms with Crippen molar-refractivity contribution in [1.82, 2.24) is 10.3 Å². The molecule has 1 unspecified atom stereocenters. The lowest BCUT2D eigenvalue weighted by Gasteiger charge is -2.30. The number of hydrogen-bond acceptors (Lipinski definition) is 5. The average Bonchev–Trinajstić information content (AvgIpc) is 2.68. The van der Waals surface area contributed by atoms with Crippen LogP contribution >= 0.6 is 23.1 Å². The van der Waals surface area contributed by atoms with E-state index in [2.05, 4.69) is 49.7 Å². The molecule has 0 aromatic carbocycles. The summed E-state index contributed by atoms with van der Waals surface area (Å²) in [5, 5.41) is 5.41. The molecule has 0 spiro atoms. The molecule has 1 fully saturated rings. The Morgan fingerprint density at radius 1 is 1.50 bits per heavy atom. The lowest BCUT2D eigenvalue weighted by molar-refractivity contribution is 0.591. The lowest BCUT2D eigenvalue weighted by atomic mass is 10.3. The molecule has 0 saturated carbocycles. The Morgan fingerprint density at radius 3 is 2.94 bits per heavy atom. The number of aryl methyl sites for hydroxylation is 1. The normalized spacial score (nSPS) is 20.7. The van der Waals surface area contributed by atoms with Gasteiger partial charge in [-0.2, -0.15) is 11.8 Å². The Balaban J connectivity index is 2.03. The van der Waals surface area contributed by atoms with Crippen molar-refractivity contribution in [3.8, 4) is 0 Å². The van der Waals surface area contributed by atoms with E-state index in [1.807, 2.05) is 11.3 Å². The summed E-state index contributed by atoms with van der Waals surface area (Å²) in [6.45, 7) is 12.0. The molecule has 18 heavy (non-hydrogen) atoms. The molecule has 0 aliphatic carbocycles. The van der Waals surface area contributed by atoms with Crippen LogP contribution in [0.15, 0.2) is 0 Å². The number of anilines is 1. The monoisotopic (exact) mass is 285 g/mol. The van der Waals surface area contributed by atoms with Crippen molar-refractivity contribution in [3.05, 3.63) is 10.6 Å². The fraction of sp³-hybridized carbons (Fsp3) is 0.769. The van der Waals surface area contributed by atoms with Gasteiger partial charge in [-0.3, -0.25) is 0 Å². The summed E-state index contributed by atoms with van der Waals surface area (Å²) in [5.41, 5.74) is 1.19. The summed E-state index contributed by atoms with van der Waals surface area (Å²) in [7, 11) is 0. The van der Waals surface area contributed by atoms with Crippen LogP contribution in [0.1, 0.15) is 31.3 Å². The number of aromatic nitrogens is 1. The van der Waals surface area contributed by atoms with Crippen LogP contribution in [0.25, 0.3) is 0 Å². The molecular weight excluding hydrogens is 262 g/mol. The van der Waals surface area contributed by atoms with Gasteiger partial charge in [-0.25, -0.2) is 4.98 Å². The predicted octanol–water partition coefficient (Wildman–Crippen LogP) is 2.89. The van der Waals surface area contributed by atoms with Crippen molar-refractivity contribution in [1.29, 1.82) is 0 Å². The van der Waals surface area contributed by atoms with Gasteiger partial charge in [0.05, 0.1) is 5.69 Å². The SMILES string of the molecule is Cc1nc(N2CCSC(C)C2)sc1CNC(C)C. The first-order valence-corrected chi connectivity index (χ1v) is 8.49. The van der Waals surface area contributed by atoms with Gasteiger partial charge in [0.25, 0.3) is 0 Å². The van der Waals surface area contributed by atoms with Gasteiger partial charge in [0.15, 0.2) is 5.13 Å². The van der Waals surface area contributed by atoms with Gasteiger partial charge in [-0.15, -0.1) is 11.3 Å². The van der Waals surface area contributed by atoms with Crippen LogP contribution in [0.5, 0.6) is 0 Å². The van der Waals surface area contributed by atoms with E-state index in [0.29, 0.717) is 6.04 Å². The van der Waals surface area contributed by atoms with Crippen molar-refractivity contribution in [3.63, 3.8) is 0 Å². The van der Waals surface area contributed by atoms with Crippen LogP contribution in [0.2, 0.25) is 0 Å². The zero-order valence-corrected chi connectivity index (χ0v) is 13.3. The Bertz CT molecular complexity index is 390. The van der Waals surface area contributed by atoms with Crippen LogP contribution in [-0.4, -0.2) is 35.1 Å². The highest BCUT2D eigenvalue weighted by atomic mass is 32.2. The zero-order valence-electron chi connectivity index (χ0n) is 11.7. The molecule has 2 rings (SSSR count). The molecule has 1 aromatic rings. The Morgan fingerprint density at radius 2 is 2.28 bits per heavy atom. The van der Waals surface area contributed by atoms with E-state index in [9.17, 15) is 0 Å². The van der Waals surface area contributed by atoms with Crippen LogP contribution in [0, 0.1) is 6.92 Å². The summed E-state index contributed by atoms with van der Waals surface area (Å²) in [4.78, 5) is 8.56. The van der Waals surface area contributed by atoms with Gasteiger partial charge in [0.1, 0.15) is 0 Å². The van der Waals surface area contributed by atoms with E-state index < -0.39 is 0 Å². The van der Waals surface area contributed by atoms with E-state index in [0.717, 1.165) is 24.9 Å². The predicted molar refractivity (Wildman–Crippen MR) is 83.0 cm³/mol. The molecule has 0 bridgehead atoms. The minimum atomic E-state index is 0.529. The fourth-order valence-corrected chi connectivity index (χ4v) is 4.06. The molecule has 1 aliphatic rings. The largest absolute Gasteiger partial charge is 0.346 e. The average molecular weight is 285 g/mol. The minimum Gasteiger partial charge on any atom is -0.346 e. The van der Waals surface area contributed by atoms with E-state index >= 15 is 0 Å². The third kappa shape index (κ3) is 3.62. The van der Waals surface area contributed by atoms with Crippen molar-refractivity contribution in [2.75, 3.05) is 23.7 Å². The summed E-state index contributed by atoms with van der Waals surface area (Å²) < 4.78 is 0. The second-order valence-electron chi connectivity index (χ2n) is 5.17. The van der Waals surface area contributed by atoms with E-state index in [-0.39, 0.29) is 0 Å². The molecule has 1 saturated heterocycles. The molecule has 3 nitrogen and oxygen atoms in total. The standard InChI is InChI=1S/C13H23N3S2/c1-9(2)14-7-12-11(4)15-13(18-12)16-5-6-17-10(3)8-16/h9-10,14H,5-8H2,1-4H3. The topological polar surface area (TPSA) is 28.2 Å². The van der Waals surface area contributed by atoms with Crippen LogP contribution in [0.3, 0.4) is 0 Å². The molecular formula is C13H23N3S2. The van der Waals surface area contributed by atoms with Gasteiger partial charge in [0.2, 0.25) is 0 Å². The quantitative estimate of drug-likeness (QED) is 0.921. The highest BCUT2D eigenvalue weighted by Crippen LogP contribution is 2.29. The van der Waals surface area contributed by atoms with Crippen molar-refractivity contribution in [2.45, 2.75) is 45.5 Å². The first-order valence-electron chi connectivity index (χ1n) is 6.62. The molecule has 1 aromatic heterocycles. The third-order valence-corrected chi connectivity index (χ3v) is 5.42. The first-order chi connectivity index (χ1) is 8.56. The second kappa shape index (κ2) is 6.26. The number of rotatable bonds is 4. The maximum atomic E-state index is 4.74. The minimum absolute atomic E-state index is 0.529. The number of thiazole rings is 1. The molecule has 1 N–H and O–H groups in total. The lowest BCUT2D eigenvalue weighted by Crippen LogP contribution is -2.36. The highest BCUT2D eigenvalue weighted by Gasteiger charge is 2.20. The van der Waals surface area contributed by atoms with Crippen LogP contribution < -0.4 is 10.2 Å². The summed E-state index contributed by atoms with van der Waals surface area (Å²) in [5.74, 6) is 1.22. The van der Waals surface area contributed by atoms with Crippen molar-refractivity contribution < 1.29 is 0 Å². The number of nitrogens with one attached hydrogen (secondary N) is 1. The van der Waals surface area contributed by atoms with Gasteiger partial charge in [0, 0.05) is 41.6 Å². The molecule has 102 valence electrons. The molecule has 5 heteroatoms. The molecule has 1 atom stereocenters. The Hall–Kier alpha value is -0.260. The van der Waals surface area contributed by atoms with E-state index in [1.54, 1.807) is 0 Å². The summed E-state index contributed by atoms with van der Waals surface area (Å²) in [6.07, 6.45) is 0. The summed E-state index contributed by atoms with van der Waals surface area (Å²) in [6, 6.07) is 0.529. The fourth-order valence-electron chi connectivity index (χ4n) is 2.00. The van der Waals surface area contributed by atoms with E-state index in [4.69, 9.17) is 4.98 Å². The second-order valence-corrected chi connectivity index (χ2v) is 7.78. The van der Waals surface area contributed by atoms with Crippen molar-refractivity contribution in [2.24, 2.45) is 0 Å². The van der Waals surface area contributed by atoms with E-state index in [1.165, 1.54) is 21.5 Å². The van der Waals surface area contributed by atoms with Gasteiger partial charge in [-0.1, -0.05) is 20.8 Å². The van der Waals surface area contributed by atoms with Gasteiger partial charge < -0.3 is 10.2 Å². The molecule has 2 heterocycles. The third-order valence-electron chi connectivity index (χ3n) is 3.06. The molecule has 1 aliphatic heterocycles. The maximum absolute atomic E-state index is 4.74. The Kier molecular flexibility index (Phi) is 4.92. The van der Waals surface area contributed by atoms with Gasteiger partial charge in [-0.05, 0) is 6.92 Å². The van der Waals surface area contributed by atoms with Crippen LogP contribution in [0.4, 0.5) is 5.13 Å². The number of thioether (sulfide) groups is 1. The number of hydrogen-bond donors (Lipinski definition) is 1. The first kappa shape index (κ1) is 14.2. The molecule has 0 amide bonds. The zero-order chi connectivity index (χ0) is 13.1. The van der Waals surface area contributed by atoms with Crippen molar-refractivity contribution >= 4 is 28.2 Å². The highest BCUT2D eigenvalue weighted by molar-refractivity contribution is 8.00. The molecule has 0 radical (unpaired) electrons. The number of nitrogens with zero attached hydrogens (tertiary/aromatic N) is 2. The summed E-state index contributed by atoms with van der Waals surface area (Å²) >= 11 is 3.92. The van der Waals surface area contributed by atoms with Crippen LogP contribution in [-0.2, 0) is 6.54 Å². The maximum Gasteiger partial charge on any atom is 0.185 e. The smallest absolute Gasteiger partial charge is 0.185 e. The Labute approximate surface area is 118 Å². The van der Waals surface area contributed by atoms with Gasteiger partial charge >= 0.3 is 0 Å².